The molecule has 1 aliphatic rings. The summed E-state index contributed by atoms with van der Waals surface area (Å²) in [4.78, 5) is 43.3. The Kier molecular flexibility index (Phi) is 10.4. The number of carboxylic acids is 2. The lowest BCUT2D eigenvalue weighted by Gasteiger charge is -2.21. The molecule has 0 unspecified atom stereocenters. The molecular formula is C15H24F3N3O6. The van der Waals surface area contributed by atoms with Crippen LogP contribution in [0.15, 0.2) is 0 Å². The highest BCUT2D eigenvalue weighted by molar-refractivity contribution is 5.91. The molecule has 1 fully saturated rings. The molecule has 0 bridgehead atoms. The van der Waals surface area contributed by atoms with Crippen LogP contribution in [0.2, 0.25) is 0 Å². The number of amides is 2. The smallest absolute Gasteiger partial charge is 0.480 e. The van der Waals surface area contributed by atoms with Gasteiger partial charge in [-0.2, -0.15) is 13.2 Å². The summed E-state index contributed by atoms with van der Waals surface area (Å²) in [6.07, 6.45) is -2.90. The van der Waals surface area contributed by atoms with Crippen LogP contribution in [0.3, 0.4) is 0 Å². The normalized spacial score (nSPS) is 17.5. The van der Waals surface area contributed by atoms with Crippen molar-refractivity contribution >= 4 is 23.8 Å². The van der Waals surface area contributed by atoms with E-state index < -0.39 is 36.6 Å². The quantitative estimate of drug-likeness (QED) is 0.408. The fourth-order valence-electron chi connectivity index (χ4n) is 2.17. The third-order valence-electron chi connectivity index (χ3n) is 3.37. The molecule has 0 aromatic rings. The van der Waals surface area contributed by atoms with Crippen LogP contribution in [0.4, 0.5) is 13.2 Å². The van der Waals surface area contributed by atoms with Crippen LogP contribution in [0.1, 0.15) is 33.1 Å². The summed E-state index contributed by atoms with van der Waals surface area (Å²) in [7, 11) is 0. The first kappa shape index (κ1) is 24.6. The lowest BCUT2D eigenvalue weighted by Crippen LogP contribution is -2.52. The van der Waals surface area contributed by atoms with Crippen molar-refractivity contribution in [1.82, 2.24) is 16.0 Å². The minimum atomic E-state index is -5.08. The van der Waals surface area contributed by atoms with Gasteiger partial charge >= 0.3 is 18.1 Å². The van der Waals surface area contributed by atoms with E-state index in [4.69, 9.17) is 15.0 Å². The lowest BCUT2D eigenvalue weighted by molar-refractivity contribution is -0.192. The van der Waals surface area contributed by atoms with Crippen LogP contribution in [0.5, 0.6) is 0 Å². The number of halogens is 3. The topological polar surface area (TPSA) is 145 Å². The van der Waals surface area contributed by atoms with E-state index in [9.17, 15) is 27.6 Å². The van der Waals surface area contributed by atoms with E-state index >= 15 is 0 Å². The molecule has 27 heavy (non-hydrogen) atoms. The lowest BCUT2D eigenvalue weighted by atomic mass is 10.0. The first-order valence-electron chi connectivity index (χ1n) is 8.18. The maximum absolute atomic E-state index is 12.0. The third-order valence-corrected chi connectivity index (χ3v) is 3.37. The van der Waals surface area contributed by atoms with Crippen LogP contribution in [-0.2, 0) is 19.2 Å². The number of alkyl halides is 3. The Morgan fingerprint density at radius 2 is 1.74 bits per heavy atom. The first-order chi connectivity index (χ1) is 12.3. The number of carbonyl (C=O) groups excluding carboxylic acids is 2. The zero-order valence-corrected chi connectivity index (χ0v) is 14.9. The molecule has 2 atom stereocenters. The Bertz CT molecular complexity index is 533. The van der Waals surface area contributed by atoms with Gasteiger partial charge in [-0.25, -0.2) is 4.79 Å². The van der Waals surface area contributed by atoms with Gasteiger partial charge in [0.2, 0.25) is 11.8 Å². The monoisotopic (exact) mass is 399 g/mol. The van der Waals surface area contributed by atoms with Crippen molar-refractivity contribution in [3.63, 3.8) is 0 Å². The molecule has 0 spiro atoms. The second-order valence-corrected chi connectivity index (χ2v) is 6.25. The highest BCUT2D eigenvalue weighted by atomic mass is 19.4. The summed E-state index contributed by atoms with van der Waals surface area (Å²) < 4.78 is 31.7. The van der Waals surface area contributed by atoms with Gasteiger partial charge in [0.1, 0.15) is 12.6 Å². The minimum Gasteiger partial charge on any atom is -0.480 e. The van der Waals surface area contributed by atoms with Gasteiger partial charge in [0, 0.05) is 0 Å². The molecule has 1 saturated heterocycles. The Labute approximate surface area is 153 Å². The second kappa shape index (κ2) is 11.4. The molecular weight excluding hydrogens is 375 g/mol. The van der Waals surface area contributed by atoms with Crippen molar-refractivity contribution in [2.24, 2.45) is 5.92 Å². The molecule has 12 heteroatoms. The van der Waals surface area contributed by atoms with Gasteiger partial charge in [0.25, 0.3) is 0 Å². The average Bonchev–Trinajstić information content (AvgIpc) is 3.05. The molecule has 9 nitrogen and oxygen atoms in total. The number of nitrogens with one attached hydrogen (secondary N) is 3. The van der Waals surface area contributed by atoms with Crippen molar-refractivity contribution in [1.29, 1.82) is 0 Å². The molecule has 0 saturated carbocycles. The van der Waals surface area contributed by atoms with E-state index in [1.165, 1.54) is 0 Å². The molecule has 0 aromatic heterocycles. The van der Waals surface area contributed by atoms with Crippen molar-refractivity contribution in [3.05, 3.63) is 0 Å². The fraction of sp³-hybridized carbons (Fsp3) is 0.733. The number of hydrogen-bond donors (Lipinski definition) is 5. The molecule has 0 aromatic carbocycles. The maximum atomic E-state index is 12.0. The van der Waals surface area contributed by atoms with Gasteiger partial charge < -0.3 is 26.2 Å². The summed E-state index contributed by atoms with van der Waals surface area (Å²) in [5, 5.41) is 23.8. The molecule has 156 valence electrons. The summed E-state index contributed by atoms with van der Waals surface area (Å²) in [6.45, 7) is 4.25. The van der Waals surface area contributed by atoms with Gasteiger partial charge in [-0.3, -0.25) is 14.4 Å². The number of rotatable bonds is 7. The highest BCUT2D eigenvalue weighted by Crippen LogP contribution is 2.13. The standard InChI is InChI=1S/C13H23N3O4.C2HF3O2/c1-8(2)6-10(12(19)15-7-11(17)18)16-13(20)9-4-3-5-14-9;3-2(4,5)1(6)7/h8-10,14H,3-7H2,1-2H3,(H,15,19)(H,16,20)(H,17,18);(H,6,7)/t9-,10-;/m0./s1. The van der Waals surface area contributed by atoms with Crippen molar-refractivity contribution in [2.75, 3.05) is 13.1 Å². The second-order valence-electron chi connectivity index (χ2n) is 6.25. The summed E-state index contributed by atoms with van der Waals surface area (Å²) in [6, 6.07) is -0.943. The highest BCUT2D eigenvalue weighted by Gasteiger charge is 2.38. The largest absolute Gasteiger partial charge is 0.490 e. The van der Waals surface area contributed by atoms with E-state index in [-0.39, 0.29) is 17.9 Å². The van der Waals surface area contributed by atoms with Crippen molar-refractivity contribution in [2.45, 2.75) is 51.4 Å². The molecule has 1 rings (SSSR count). The zero-order chi connectivity index (χ0) is 21.2. The van der Waals surface area contributed by atoms with Crippen LogP contribution in [-0.4, -0.2) is 65.3 Å². The van der Waals surface area contributed by atoms with E-state index in [0.29, 0.717) is 6.42 Å². The summed E-state index contributed by atoms with van der Waals surface area (Å²) >= 11 is 0. The van der Waals surface area contributed by atoms with Crippen molar-refractivity contribution < 1.29 is 42.6 Å². The Balaban J connectivity index is 0.000000821. The average molecular weight is 399 g/mol. The number of carboxylic acid groups (broad SMARTS) is 2. The molecule has 2 amide bonds. The van der Waals surface area contributed by atoms with E-state index in [1.807, 2.05) is 13.8 Å². The number of hydrogen-bond acceptors (Lipinski definition) is 5. The molecule has 1 heterocycles. The van der Waals surface area contributed by atoms with E-state index in [0.717, 1.165) is 19.4 Å². The van der Waals surface area contributed by atoms with Crippen LogP contribution in [0.25, 0.3) is 0 Å². The van der Waals surface area contributed by atoms with E-state index in [1.54, 1.807) is 0 Å². The maximum Gasteiger partial charge on any atom is 0.490 e. The molecule has 1 aliphatic heterocycles. The summed E-state index contributed by atoms with van der Waals surface area (Å²) in [5.74, 6) is -4.29. The van der Waals surface area contributed by atoms with Gasteiger partial charge in [-0.05, 0) is 31.7 Å². The van der Waals surface area contributed by atoms with Crippen LogP contribution < -0.4 is 16.0 Å². The predicted molar refractivity (Wildman–Crippen MR) is 86.7 cm³/mol. The Morgan fingerprint density at radius 1 is 1.19 bits per heavy atom. The summed E-state index contributed by atoms with van der Waals surface area (Å²) in [5.41, 5.74) is 0. The van der Waals surface area contributed by atoms with Gasteiger partial charge in [0.05, 0.1) is 6.04 Å². The molecule has 5 N–H and O–H groups in total. The SMILES string of the molecule is CC(C)C[C@H](NC(=O)[C@@H]1CCCN1)C(=O)NCC(=O)O.O=C(O)C(F)(F)F. The minimum absolute atomic E-state index is 0.196. The van der Waals surface area contributed by atoms with Crippen molar-refractivity contribution in [3.8, 4) is 0 Å². The number of aliphatic carboxylic acids is 2. The Hall–Kier alpha value is -2.37. The van der Waals surface area contributed by atoms with Gasteiger partial charge in [0.15, 0.2) is 0 Å². The van der Waals surface area contributed by atoms with Crippen LogP contribution in [0, 0.1) is 5.92 Å². The van der Waals surface area contributed by atoms with E-state index in [2.05, 4.69) is 16.0 Å². The third kappa shape index (κ3) is 11.1. The number of carbonyl (C=O) groups is 4. The molecule has 0 radical (unpaired) electrons. The first-order valence-corrected chi connectivity index (χ1v) is 8.18. The molecule has 0 aliphatic carbocycles. The zero-order valence-electron chi connectivity index (χ0n) is 14.9. The fourth-order valence-corrected chi connectivity index (χ4v) is 2.17. The Morgan fingerprint density at radius 3 is 2.11 bits per heavy atom. The van der Waals surface area contributed by atoms with Crippen LogP contribution >= 0.6 is 0 Å². The van der Waals surface area contributed by atoms with Gasteiger partial charge in [-0.15, -0.1) is 0 Å². The van der Waals surface area contributed by atoms with Gasteiger partial charge in [-0.1, -0.05) is 13.8 Å². The predicted octanol–water partition coefficient (Wildman–Crippen LogP) is 0.103.